The van der Waals surface area contributed by atoms with Crippen LogP contribution in [0.25, 0.3) is 10.9 Å². The highest BCUT2D eigenvalue weighted by molar-refractivity contribution is 5.94. The highest BCUT2D eigenvalue weighted by Crippen LogP contribution is 2.28. The molecule has 0 unspecified atom stereocenters. The maximum absolute atomic E-state index is 5.42. The number of aromatic nitrogens is 2. The van der Waals surface area contributed by atoms with Gasteiger partial charge >= 0.3 is 0 Å². The molecule has 21 heavy (non-hydrogen) atoms. The van der Waals surface area contributed by atoms with Gasteiger partial charge in [0.25, 0.3) is 0 Å². The maximum Gasteiger partial charge on any atom is 0.141 e. The van der Waals surface area contributed by atoms with E-state index in [2.05, 4.69) is 20.2 Å². The zero-order valence-electron chi connectivity index (χ0n) is 12.2. The van der Waals surface area contributed by atoms with Gasteiger partial charge in [-0.25, -0.2) is 9.97 Å². The molecule has 0 bridgehead atoms. The van der Waals surface area contributed by atoms with Crippen molar-refractivity contribution in [3.63, 3.8) is 0 Å². The van der Waals surface area contributed by atoms with Crippen LogP contribution < -0.4 is 10.1 Å². The molecule has 0 amide bonds. The lowest BCUT2D eigenvalue weighted by Gasteiger charge is -2.26. The Hall–Kier alpha value is -1.92. The molecule has 0 radical (unpaired) electrons. The minimum absolute atomic E-state index is 0.793. The van der Waals surface area contributed by atoms with E-state index in [4.69, 9.17) is 9.47 Å². The fourth-order valence-electron chi connectivity index (χ4n) is 2.54. The third kappa shape index (κ3) is 3.22. The summed E-state index contributed by atoms with van der Waals surface area (Å²) in [6.07, 6.45) is 1.58. The first kappa shape index (κ1) is 14.0. The van der Waals surface area contributed by atoms with Gasteiger partial charge in [-0.2, -0.15) is 0 Å². The fraction of sp³-hybridized carbons (Fsp3) is 0.467. The summed E-state index contributed by atoms with van der Waals surface area (Å²) in [4.78, 5) is 11.0. The SMILES string of the molecule is COc1cccc2ncnc(NCCN3CCOCC3)c12. The van der Waals surface area contributed by atoms with Gasteiger partial charge in [0.15, 0.2) is 0 Å². The highest BCUT2D eigenvalue weighted by Gasteiger charge is 2.11. The maximum atomic E-state index is 5.42. The van der Waals surface area contributed by atoms with Gasteiger partial charge in [-0.15, -0.1) is 0 Å². The number of fused-ring (bicyclic) bond motifs is 1. The van der Waals surface area contributed by atoms with Crippen LogP contribution in [0.15, 0.2) is 24.5 Å². The van der Waals surface area contributed by atoms with Gasteiger partial charge in [-0.1, -0.05) is 6.07 Å². The molecular formula is C15H20N4O2. The number of rotatable bonds is 5. The molecule has 0 saturated carbocycles. The molecule has 0 atom stereocenters. The van der Waals surface area contributed by atoms with Crippen LogP contribution in [0.1, 0.15) is 0 Å². The number of ether oxygens (including phenoxy) is 2. The van der Waals surface area contributed by atoms with Crippen LogP contribution >= 0.6 is 0 Å². The molecule has 1 fully saturated rings. The molecule has 3 rings (SSSR count). The monoisotopic (exact) mass is 288 g/mol. The zero-order valence-corrected chi connectivity index (χ0v) is 12.2. The van der Waals surface area contributed by atoms with Gasteiger partial charge in [-0.05, 0) is 12.1 Å². The van der Waals surface area contributed by atoms with Crippen LogP contribution in [0.4, 0.5) is 5.82 Å². The fourth-order valence-corrected chi connectivity index (χ4v) is 2.54. The third-order valence-electron chi connectivity index (χ3n) is 3.67. The van der Waals surface area contributed by atoms with E-state index in [-0.39, 0.29) is 0 Å². The first-order valence-electron chi connectivity index (χ1n) is 7.20. The minimum atomic E-state index is 0.793. The second-order valence-corrected chi connectivity index (χ2v) is 4.96. The molecule has 1 aliphatic heterocycles. The van der Waals surface area contributed by atoms with Crippen LogP contribution in [-0.2, 0) is 4.74 Å². The molecule has 1 N–H and O–H groups in total. The van der Waals surface area contributed by atoms with Gasteiger partial charge in [0.05, 0.1) is 31.2 Å². The number of morpholine rings is 1. The molecule has 0 spiro atoms. The van der Waals surface area contributed by atoms with E-state index in [1.165, 1.54) is 0 Å². The molecule has 1 saturated heterocycles. The largest absolute Gasteiger partial charge is 0.496 e. The predicted octanol–water partition coefficient (Wildman–Crippen LogP) is 1.38. The Labute approximate surface area is 124 Å². The minimum Gasteiger partial charge on any atom is -0.496 e. The summed E-state index contributed by atoms with van der Waals surface area (Å²) < 4.78 is 10.8. The second-order valence-electron chi connectivity index (χ2n) is 4.96. The summed E-state index contributed by atoms with van der Waals surface area (Å²) in [5, 5.41) is 4.33. The smallest absolute Gasteiger partial charge is 0.141 e. The lowest BCUT2D eigenvalue weighted by atomic mass is 10.2. The summed E-state index contributed by atoms with van der Waals surface area (Å²) in [6.45, 7) is 5.45. The summed E-state index contributed by atoms with van der Waals surface area (Å²) in [7, 11) is 1.67. The Morgan fingerprint density at radius 1 is 1.29 bits per heavy atom. The van der Waals surface area contributed by atoms with Crippen LogP contribution in [0.3, 0.4) is 0 Å². The van der Waals surface area contributed by atoms with Crippen LogP contribution in [-0.4, -0.2) is 61.4 Å². The van der Waals surface area contributed by atoms with Gasteiger partial charge in [-0.3, -0.25) is 4.90 Å². The lowest BCUT2D eigenvalue weighted by molar-refractivity contribution is 0.0398. The second kappa shape index (κ2) is 6.69. The third-order valence-corrected chi connectivity index (χ3v) is 3.67. The summed E-state index contributed by atoms with van der Waals surface area (Å²) in [6, 6.07) is 5.83. The molecule has 112 valence electrons. The molecule has 2 heterocycles. The van der Waals surface area contributed by atoms with Crippen LogP contribution in [0, 0.1) is 0 Å². The first-order chi connectivity index (χ1) is 10.4. The van der Waals surface area contributed by atoms with Gasteiger partial charge in [0.2, 0.25) is 0 Å². The number of nitrogens with one attached hydrogen (secondary N) is 1. The van der Waals surface area contributed by atoms with Crippen LogP contribution in [0.2, 0.25) is 0 Å². The van der Waals surface area contributed by atoms with Crippen molar-refractivity contribution in [3.05, 3.63) is 24.5 Å². The van der Waals surface area contributed by atoms with E-state index in [1.54, 1.807) is 13.4 Å². The average molecular weight is 288 g/mol. The number of methoxy groups -OCH3 is 1. The van der Waals surface area contributed by atoms with Crippen molar-refractivity contribution in [2.45, 2.75) is 0 Å². The first-order valence-corrected chi connectivity index (χ1v) is 7.20. The van der Waals surface area contributed by atoms with Crippen molar-refractivity contribution in [3.8, 4) is 5.75 Å². The molecule has 6 heteroatoms. The molecule has 1 aromatic carbocycles. The van der Waals surface area contributed by atoms with E-state index in [1.807, 2.05) is 18.2 Å². The van der Waals surface area contributed by atoms with Crippen molar-refractivity contribution in [1.82, 2.24) is 14.9 Å². The quantitative estimate of drug-likeness (QED) is 0.897. The number of hydrogen-bond donors (Lipinski definition) is 1. The predicted molar refractivity (Wildman–Crippen MR) is 81.8 cm³/mol. The Bertz CT molecular complexity index is 594. The molecule has 2 aromatic rings. The van der Waals surface area contributed by atoms with Crippen molar-refractivity contribution >= 4 is 16.7 Å². The lowest BCUT2D eigenvalue weighted by Crippen LogP contribution is -2.39. The molecule has 0 aliphatic carbocycles. The Kier molecular flexibility index (Phi) is 4.47. The number of benzene rings is 1. The normalized spacial score (nSPS) is 16.0. The Morgan fingerprint density at radius 3 is 2.95 bits per heavy atom. The molecule has 1 aromatic heterocycles. The number of anilines is 1. The summed E-state index contributed by atoms with van der Waals surface area (Å²) in [5.74, 6) is 1.62. The van der Waals surface area contributed by atoms with Crippen LogP contribution in [0.5, 0.6) is 5.75 Å². The van der Waals surface area contributed by atoms with E-state index >= 15 is 0 Å². The Morgan fingerprint density at radius 2 is 2.14 bits per heavy atom. The van der Waals surface area contributed by atoms with Crippen molar-refractivity contribution in [2.24, 2.45) is 0 Å². The van der Waals surface area contributed by atoms with Gasteiger partial charge < -0.3 is 14.8 Å². The molecular weight excluding hydrogens is 268 g/mol. The van der Waals surface area contributed by atoms with E-state index in [0.29, 0.717) is 0 Å². The topological polar surface area (TPSA) is 59.5 Å². The van der Waals surface area contributed by atoms with E-state index < -0.39 is 0 Å². The standard InChI is InChI=1S/C15H20N4O2/c1-20-13-4-2-3-12-14(13)15(18-11-17-12)16-5-6-19-7-9-21-10-8-19/h2-4,11H,5-10H2,1H3,(H,16,17,18). The van der Waals surface area contributed by atoms with Crippen molar-refractivity contribution in [1.29, 1.82) is 0 Å². The molecule has 1 aliphatic rings. The van der Waals surface area contributed by atoms with E-state index in [9.17, 15) is 0 Å². The van der Waals surface area contributed by atoms with Crippen molar-refractivity contribution < 1.29 is 9.47 Å². The van der Waals surface area contributed by atoms with Gasteiger partial charge in [0, 0.05) is 26.2 Å². The summed E-state index contributed by atoms with van der Waals surface area (Å²) in [5.41, 5.74) is 0.887. The number of hydrogen-bond acceptors (Lipinski definition) is 6. The highest BCUT2D eigenvalue weighted by atomic mass is 16.5. The van der Waals surface area contributed by atoms with Crippen molar-refractivity contribution in [2.75, 3.05) is 51.8 Å². The zero-order chi connectivity index (χ0) is 14.5. The number of nitrogens with zero attached hydrogens (tertiary/aromatic N) is 3. The van der Waals surface area contributed by atoms with E-state index in [0.717, 1.165) is 61.9 Å². The van der Waals surface area contributed by atoms with Gasteiger partial charge in [0.1, 0.15) is 17.9 Å². The summed E-state index contributed by atoms with van der Waals surface area (Å²) >= 11 is 0. The average Bonchev–Trinajstić information content (AvgIpc) is 2.55. The molecule has 6 nitrogen and oxygen atoms in total. The Balaban J connectivity index is 1.71.